The zero-order valence-corrected chi connectivity index (χ0v) is 9.12. The molecule has 0 aliphatic carbocycles. The monoisotopic (exact) mass is 217 g/mol. The number of nitrogens with zero attached hydrogens (tertiary/aromatic N) is 2. The van der Waals surface area contributed by atoms with Crippen LogP contribution in [0.5, 0.6) is 0 Å². The van der Waals surface area contributed by atoms with E-state index in [4.69, 9.17) is 4.74 Å². The van der Waals surface area contributed by atoms with Gasteiger partial charge in [-0.3, -0.25) is 5.10 Å². The Bertz CT molecular complexity index is 241. The van der Waals surface area contributed by atoms with Crippen LogP contribution in [0.15, 0.2) is 11.5 Å². The van der Waals surface area contributed by atoms with Gasteiger partial charge in [-0.25, -0.2) is 4.98 Å². The van der Waals surface area contributed by atoms with Crippen molar-refractivity contribution < 1.29 is 9.84 Å². The topological polar surface area (TPSA) is 71.0 Å². The van der Waals surface area contributed by atoms with Crippen LogP contribution in [0.25, 0.3) is 0 Å². The summed E-state index contributed by atoms with van der Waals surface area (Å²) in [5, 5.41) is 16.6. The number of rotatable bonds is 6. The summed E-state index contributed by atoms with van der Waals surface area (Å²) >= 11 is 1.43. The Hall–Kier alpha value is -0.590. The van der Waals surface area contributed by atoms with Gasteiger partial charge in [-0.15, -0.1) is 0 Å². The second kappa shape index (κ2) is 6.00. The zero-order chi connectivity index (χ0) is 10.4. The number of hydrogen-bond acceptors (Lipinski definition) is 5. The molecule has 1 atom stereocenters. The summed E-state index contributed by atoms with van der Waals surface area (Å²) in [6, 6.07) is 0. The van der Waals surface area contributed by atoms with Crippen LogP contribution in [0.1, 0.15) is 13.8 Å². The minimum atomic E-state index is -0.465. The first kappa shape index (κ1) is 11.5. The SMILES string of the molecule is CC(C)OCC(O)CSc1ncn[nH]1. The number of aliphatic hydroxyl groups excluding tert-OH is 1. The molecule has 6 heteroatoms. The first-order chi connectivity index (χ1) is 6.68. The number of aromatic nitrogens is 3. The van der Waals surface area contributed by atoms with E-state index in [2.05, 4.69) is 15.2 Å². The molecular weight excluding hydrogens is 202 g/mol. The molecule has 0 saturated carbocycles. The predicted octanol–water partition coefficient (Wildman–Crippen LogP) is 0.683. The van der Waals surface area contributed by atoms with Crippen molar-refractivity contribution in [2.24, 2.45) is 0 Å². The van der Waals surface area contributed by atoms with Gasteiger partial charge in [0.2, 0.25) is 0 Å². The average Bonchev–Trinajstić information content (AvgIpc) is 2.63. The van der Waals surface area contributed by atoms with Crippen molar-refractivity contribution >= 4 is 11.8 Å². The molecule has 0 radical (unpaired) electrons. The molecule has 14 heavy (non-hydrogen) atoms. The van der Waals surface area contributed by atoms with Gasteiger partial charge in [0.25, 0.3) is 0 Å². The number of thioether (sulfide) groups is 1. The largest absolute Gasteiger partial charge is 0.390 e. The third-order valence-corrected chi connectivity index (χ3v) is 2.45. The second-order valence-electron chi connectivity index (χ2n) is 3.14. The lowest BCUT2D eigenvalue weighted by Gasteiger charge is -2.12. The molecule has 2 N–H and O–H groups in total. The molecular formula is C8H15N3O2S. The fraction of sp³-hybridized carbons (Fsp3) is 0.750. The van der Waals surface area contributed by atoms with Crippen molar-refractivity contribution in [3.8, 4) is 0 Å². The van der Waals surface area contributed by atoms with Crippen molar-refractivity contribution in [2.75, 3.05) is 12.4 Å². The van der Waals surface area contributed by atoms with Crippen LogP contribution in [-0.4, -0.2) is 44.9 Å². The van der Waals surface area contributed by atoms with Gasteiger partial charge in [0.15, 0.2) is 5.16 Å². The van der Waals surface area contributed by atoms with Crippen molar-refractivity contribution in [1.29, 1.82) is 0 Å². The van der Waals surface area contributed by atoms with E-state index in [1.165, 1.54) is 18.1 Å². The van der Waals surface area contributed by atoms with Crippen LogP contribution in [0.3, 0.4) is 0 Å². The van der Waals surface area contributed by atoms with Gasteiger partial charge in [0.1, 0.15) is 6.33 Å². The lowest BCUT2D eigenvalue weighted by molar-refractivity contribution is 0.0152. The Morgan fingerprint density at radius 3 is 3.00 bits per heavy atom. The van der Waals surface area contributed by atoms with E-state index in [9.17, 15) is 5.11 Å². The molecule has 0 fully saturated rings. The van der Waals surface area contributed by atoms with E-state index < -0.39 is 6.10 Å². The highest BCUT2D eigenvalue weighted by atomic mass is 32.2. The van der Waals surface area contributed by atoms with Crippen molar-refractivity contribution in [3.63, 3.8) is 0 Å². The van der Waals surface area contributed by atoms with E-state index in [0.29, 0.717) is 17.5 Å². The van der Waals surface area contributed by atoms with E-state index in [0.717, 1.165) is 0 Å². The average molecular weight is 217 g/mol. The Balaban J connectivity index is 2.12. The summed E-state index contributed by atoms with van der Waals surface area (Å²) in [4.78, 5) is 3.93. The first-order valence-corrected chi connectivity index (χ1v) is 5.45. The lowest BCUT2D eigenvalue weighted by Crippen LogP contribution is -2.20. The molecule has 1 rings (SSSR count). The smallest absolute Gasteiger partial charge is 0.183 e. The lowest BCUT2D eigenvalue weighted by atomic mass is 10.4. The number of ether oxygens (including phenoxy) is 1. The van der Waals surface area contributed by atoms with Crippen molar-refractivity contribution in [3.05, 3.63) is 6.33 Å². The minimum Gasteiger partial charge on any atom is -0.390 e. The number of hydrogen-bond donors (Lipinski definition) is 2. The minimum absolute atomic E-state index is 0.153. The van der Waals surface area contributed by atoms with Crippen LogP contribution in [-0.2, 0) is 4.74 Å². The van der Waals surface area contributed by atoms with Gasteiger partial charge < -0.3 is 9.84 Å². The Morgan fingerprint density at radius 1 is 1.64 bits per heavy atom. The molecule has 0 aromatic carbocycles. The second-order valence-corrected chi connectivity index (χ2v) is 4.15. The quantitative estimate of drug-likeness (QED) is 0.686. The molecule has 0 amide bonds. The van der Waals surface area contributed by atoms with Crippen LogP contribution < -0.4 is 0 Å². The van der Waals surface area contributed by atoms with Crippen LogP contribution >= 0.6 is 11.8 Å². The molecule has 0 aliphatic rings. The number of H-pyrrole nitrogens is 1. The van der Waals surface area contributed by atoms with Gasteiger partial charge in [-0.05, 0) is 13.8 Å². The predicted molar refractivity (Wildman–Crippen MR) is 54.2 cm³/mol. The van der Waals surface area contributed by atoms with Gasteiger partial charge in [-0.1, -0.05) is 11.8 Å². The summed E-state index contributed by atoms with van der Waals surface area (Å²) in [5.74, 6) is 0.557. The van der Waals surface area contributed by atoms with Gasteiger partial charge in [-0.2, -0.15) is 5.10 Å². The zero-order valence-electron chi connectivity index (χ0n) is 8.30. The summed E-state index contributed by atoms with van der Waals surface area (Å²) in [7, 11) is 0. The molecule has 1 aromatic rings. The standard InChI is InChI=1S/C8H15N3O2S/c1-6(2)13-3-7(12)4-14-8-9-5-10-11-8/h5-7,12H,3-4H2,1-2H3,(H,9,10,11). The highest BCUT2D eigenvalue weighted by Gasteiger charge is 2.07. The molecule has 1 aromatic heterocycles. The maximum absolute atomic E-state index is 9.49. The molecule has 1 unspecified atom stereocenters. The van der Waals surface area contributed by atoms with Gasteiger partial charge >= 0.3 is 0 Å². The molecule has 5 nitrogen and oxygen atoms in total. The molecule has 0 saturated heterocycles. The summed E-state index contributed by atoms with van der Waals surface area (Å²) < 4.78 is 5.26. The molecule has 0 aliphatic heterocycles. The first-order valence-electron chi connectivity index (χ1n) is 4.46. The fourth-order valence-corrected chi connectivity index (χ4v) is 1.48. The van der Waals surface area contributed by atoms with Crippen molar-refractivity contribution in [2.45, 2.75) is 31.2 Å². The molecule has 80 valence electrons. The normalized spacial score (nSPS) is 13.4. The molecule has 0 spiro atoms. The third-order valence-electron chi connectivity index (χ3n) is 1.43. The van der Waals surface area contributed by atoms with E-state index in [1.807, 2.05) is 13.8 Å². The number of aliphatic hydroxyl groups is 1. The molecule has 1 heterocycles. The van der Waals surface area contributed by atoms with E-state index in [1.54, 1.807) is 0 Å². The number of aromatic amines is 1. The van der Waals surface area contributed by atoms with E-state index in [-0.39, 0.29) is 6.10 Å². The summed E-state index contributed by atoms with van der Waals surface area (Å²) in [5.41, 5.74) is 0. The summed E-state index contributed by atoms with van der Waals surface area (Å²) in [6.07, 6.45) is 1.13. The van der Waals surface area contributed by atoms with Crippen molar-refractivity contribution in [1.82, 2.24) is 15.2 Å². The third kappa shape index (κ3) is 4.59. The number of nitrogens with one attached hydrogen (secondary N) is 1. The molecule has 0 bridgehead atoms. The van der Waals surface area contributed by atoms with Gasteiger partial charge in [0, 0.05) is 5.75 Å². The Morgan fingerprint density at radius 2 is 2.43 bits per heavy atom. The highest BCUT2D eigenvalue weighted by Crippen LogP contribution is 2.12. The van der Waals surface area contributed by atoms with E-state index >= 15 is 0 Å². The fourth-order valence-electron chi connectivity index (χ4n) is 0.791. The Kier molecular flexibility index (Phi) is 4.92. The Labute approximate surface area is 87.3 Å². The van der Waals surface area contributed by atoms with Gasteiger partial charge in [0.05, 0.1) is 18.8 Å². The highest BCUT2D eigenvalue weighted by molar-refractivity contribution is 7.99. The van der Waals surface area contributed by atoms with Crippen LogP contribution in [0.2, 0.25) is 0 Å². The van der Waals surface area contributed by atoms with Crippen LogP contribution in [0, 0.1) is 0 Å². The summed E-state index contributed by atoms with van der Waals surface area (Å²) in [6.45, 7) is 4.24. The maximum atomic E-state index is 9.49. The van der Waals surface area contributed by atoms with Crippen LogP contribution in [0.4, 0.5) is 0 Å². The maximum Gasteiger partial charge on any atom is 0.183 e.